The zero-order valence-electron chi connectivity index (χ0n) is 14.1. The molecule has 0 fully saturated rings. The van der Waals surface area contributed by atoms with Gasteiger partial charge in [-0.05, 0) is 48.9 Å². The predicted octanol–water partition coefficient (Wildman–Crippen LogP) is 5.23. The van der Waals surface area contributed by atoms with E-state index in [2.05, 4.69) is 10.3 Å². The van der Waals surface area contributed by atoms with Crippen molar-refractivity contribution in [3.63, 3.8) is 0 Å². The second-order valence-corrected chi connectivity index (χ2v) is 7.02. The number of nitrogens with zero attached hydrogens (tertiary/aromatic N) is 1. The van der Waals surface area contributed by atoms with Gasteiger partial charge in [-0.2, -0.15) is 0 Å². The number of anilines is 1. The third kappa shape index (κ3) is 3.05. The van der Waals surface area contributed by atoms with Gasteiger partial charge in [0.25, 0.3) is 5.91 Å². The van der Waals surface area contributed by atoms with Gasteiger partial charge in [0.2, 0.25) is 0 Å². The highest BCUT2D eigenvalue weighted by atomic mass is 32.1. The van der Waals surface area contributed by atoms with E-state index in [1.807, 2.05) is 49.4 Å². The Balaban J connectivity index is 1.68. The third-order valence-corrected chi connectivity index (χ3v) is 5.24. The molecule has 5 heteroatoms. The van der Waals surface area contributed by atoms with E-state index in [1.54, 1.807) is 24.3 Å². The summed E-state index contributed by atoms with van der Waals surface area (Å²) in [6.07, 6.45) is 0. The molecule has 1 heterocycles. The van der Waals surface area contributed by atoms with Crippen molar-refractivity contribution in [2.75, 3.05) is 5.32 Å². The molecule has 0 radical (unpaired) electrons. The molecule has 26 heavy (non-hydrogen) atoms. The molecule has 0 saturated heterocycles. The molecule has 1 aromatic heterocycles. The van der Waals surface area contributed by atoms with Crippen LogP contribution in [0.25, 0.3) is 20.8 Å². The first-order chi connectivity index (χ1) is 12.6. The summed E-state index contributed by atoms with van der Waals surface area (Å²) in [5, 5.41) is 13.9. The van der Waals surface area contributed by atoms with E-state index in [9.17, 15) is 9.90 Å². The number of aromatic hydroxyl groups is 1. The fourth-order valence-corrected chi connectivity index (χ4v) is 3.79. The van der Waals surface area contributed by atoms with Gasteiger partial charge in [-0.3, -0.25) is 4.79 Å². The highest BCUT2D eigenvalue weighted by molar-refractivity contribution is 7.21. The number of fused-ring (bicyclic) bond motifs is 1. The largest absolute Gasteiger partial charge is 0.507 e. The molecule has 3 aromatic carbocycles. The summed E-state index contributed by atoms with van der Waals surface area (Å²) >= 11 is 1.51. The molecule has 4 rings (SSSR count). The highest BCUT2D eigenvalue weighted by Gasteiger charge is 2.13. The van der Waals surface area contributed by atoms with E-state index in [0.29, 0.717) is 16.8 Å². The van der Waals surface area contributed by atoms with Crippen LogP contribution in [0.3, 0.4) is 0 Å². The number of phenols is 1. The second-order valence-electron chi connectivity index (χ2n) is 5.99. The smallest absolute Gasteiger partial charge is 0.255 e. The zero-order chi connectivity index (χ0) is 18.1. The van der Waals surface area contributed by atoms with Crippen LogP contribution >= 0.6 is 11.3 Å². The summed E-state index contributed by atoms with van der Waals surface area (Å²) in [5.41, 5.74) is 3.65. The standard InChI is InChI=1S/C21H16N2O2S/c1-13-6-2-3-7-15(13)20(25)22-14-10-11-18(24)16(12-14)21-23-17-8-4-5-9-19(17)26-21/h2-12,24H,1H3,(H,22,25). The van der Waals surface area contributed by atoms with E-state index >= 15 is 0 Å². The third-order valence-electron chi connectivity index (χ3n) is 4.17. The average molecular weight is 360 g/mol. The topological polar surface area (TPSA) is 62.2 Å². The minimum Gasteiger partial charge on any atom is -0.507 e. The van der Waals surface area contributed by atoms with Crippen LogP contribution in [0.15, 0.2) is 66.7 Å². The molecule has 0 aliphatic carbocycles. The van der Waals surface area contributed by atoms with Crippen LogP contribution in [0.4, 0.5) is 5.69 Å². The maximum absolute atomic E-state index is 12.5. The van der Waals surface area contributed by atoms with Gasteiger partial charge >= 0.3 is 0 Å². The molecular formula is C21H16N2O2S. The van der Waals surface area contributed by atoms with Crippen molar-refractivity contribution < 1.29 is 9.90 Å². The molecule has 0 bridgehead atoms. The van der Waals surface area contributed by atoms with Crippen molar-refractivity contribution in [3.05, 3.63) is 77.9 Å². The molecule has 2 N–H and O–H groups in total. The Morgan fingerprint density at radius 3 is 2.62 bits per heavy atom. The van der Waals surface area contributed by atoms with Crippen molar-refractivity contribution in [1.82, 2.24) is 4.98 Å². The molecule has 4 nitrogen and oxygen atoms in total. The molecule has 0 unspecified atom stereocenters. The Labute approximate surface area is 154 Å². The number of amides is 1. The minimum atomic E-state index is -0.177. The van der Waals surface area contributed by atoms with E-state index in [-0.39, 0.29) is 11.7 Å². The summed E-state index contributed by atoms with van der Waals surface area (Å²) < 4.78 is 1.05. The van der Waals surface area contributed by atoms with E-state index in [4.69, 9.17) is 0 Å². The monoisotopic (exact) mass is 360 g/mol. The Bertz CT molecular complexity index is 1080. The second kappa shape index (κ2) is 6.61. The van der Waals surface area contributed by atoms with Crippen molar-refractivity contribution >= 4 is 33.1 Å². The first-order valence-corrected chi connectivity index (χ1v) is 8.99. The van der Waals surface area contributed by atoms with Crippen LogP contribution in [0, 0.1) is 6.92 Å². The zero-order valence-corrected chi connectivity index (χ0v) is 14.9. The molecule has 1 amide bonds. The maximum Gasteiger partial charge on any atom is 0.255 e. The van der Waals surface area contributed by atoms with Crippen molar-refractivity contribution in [2.45, 2.75) is 6.92 Å². The van der Waals surface area contributed by atoms with Gasteiger partial charge in [0.05, 0.1) is 15.8 Å². The lowest BCUT2D eigenvalue weighted by Gasteiger charge is -2.09. The summed E-state index contributed by atoms with van der Waals surface area (Å²) in [5.74, 6) is -0.0398. The number of rotatable bonds is 3. The quantitative estimate of drug-likeness (QED) is 0.492. The van der Waals surface area contributed by atoms with Crippen molar-refractivity contribution in [2.24, 2.45) is 0 Å². The molecular weight excluding hydrogens is 344 g/mol. The van der Waals surface area contributed by atoms with Crippen LogP contribution in [0.5, 0.6) is 5.75 Å². The number of hydrogen-bond donors (Lipinski definition) is 2. The van der Waals surface area contributed by atoms with Gasteiger partial charge in [-0.1, -0.05) is 30.3 Å². The number of phenolic OH excluding ortho intramolecular Hbond substituents is 1. The summed E-state index contributed by atoms with van der Waals surface area (Å²) in [4.78, 5) is 17.1. The average Bonchev–Trinajstić information content (AvgIpc) is 3.07. The van der Waals surface area contributed by atoms with Gasteiger partial charge in [0.1, 0.15) is 10.8 Å². The fourth-order valence-electron chi connectivity index (χ4n) is 2.80. The Morgan fingerprint density at radius 1 is 1.04 bits per heavy atom. The summed E-state index contributed by atoms with van der Waals surface area (Å²) in [6.45, 7) is 1.90. The molecule has 0 aliphatic heterocycles. The van der Waals surface area contributed by atoms with E-state index in [0.717, 1.165) is 20.8 Å². The summed E-state index contributed by atoms with van der Waals surface area (Å²) in [6, 6.07) is 20.3. The Morgan fingerprint density at radius 2 is 1.81 bits per heavy atom. The number of carbonyl (C=O) groups excluding carboxylic acids is 1. The number of thiazole rings is 1. The Kier molecular flexibility index (Phi) is 4.14. The van der Waals surface area contributed by atoms with Crippen LogP contribution < -0.4 is 5.32 Å². The van der Waals surface area contributed by atoms with Gasteiger partial charge in [-0.25, -0.2) is 4.98 Å². The molecule has 0 aliphatic rings. The number of aryl methyl sites for hydroxylation is 1. The number of nitrogens with one attached hydrogen (secondary N) is 1. The van der Waals surface area contributed by atoms with E-state index in [1.165, 1.54) is 11.3 Å². The van der Waals surface area contributed by atoms with Crippen molar-refractivity contribution in [1.29, 1.82) is 0 Å². The van der Waals surface area contributed by atoms with Gasteiger partial charge in [-0.15, -0.1) is 11.3 Å². The van der Waals surface area contributed by atoms with Gasteiger partial charge < -0.3 is 10.4 Å². The van der Waals surface area contributed by atoms with Gasteiger partial charge in [0, 0.05) is 11.3 Å². The van der Waals surface area contributed by atoms with E-state index < -0.39 is 0 Å². The first kappa shape index (κ1) is 16.3. The number of hydrogen-bond acceptors (Lipinski definition) is 4. The lowest BCUT2D eigenvalue weighted by molar-refractivity contribution is 0.102. The molecule has 0 spiro atoms. The Hall–Kier alpha value is -3.18. The highest BCUT2D eigenvalue weighted by Crippen LogP contribution is 2.36. The molecule has 0 atom stereocenters. The lowest BCUT2D eigenvalue weighted by Crippen LogP contribution is -2.13. The lowest BCUT2D eigenvalue weighted by atomic mass is 10.1. The summed E-state index contributed by atoms with van der Waals surface area (Å²) in [7, 11) is 0. The molecule has 128 valence electrons. The number of carbonyl (C=O) groups is 1. The molecule has 0 saturated carbocycles. The van der Waals surface area contributed by atoms with Crippen LogP contribution in [-0.4, -0.2) is 16.0 Å². The fraction of sp³-hybridized carbons (Fsp3) is 0.0476. The number of para-hydroxylation sites is 1. The first-order valence-electron chi connectivity index (χ1n) is 8.18. The van der Waals surface area contributed by atoms with Crippen LogP contribution in [0.2, 0.25) is 0 Å². The van der Waals surface area contributed by atoms with Crippen molar-refractivity contribution in [3.8, 4) is 16.3 Å². The normalized spacial score (nSPS) is 10.8. The van der Waals surface area contributed by atoms with Crippen LogP contribution in [0.1, 0.15) is 15.9 Å². The minimum absolute atomic E-state index is 0.137. The number of benzene rings is 3. The predicted molar refractivity (Wildman–Crippen MR) is 106 cm³/mol. The van der Waals surface area contributed by atoms with Crippen LogP contribution in [-0.2, 0) is 0 Å². The van der Waals surface area contributed by atoms with Gasteiger partial charge in [0.15, 0.2) is 0 Å². The molecule has 4 aromatic rings. The number of aromatic nitrogens is 1. The SMILES string of the molecule is Cc1ccccc1C(=O)Nc1ccc(O)c(-c2nc3ccccc3s2)c1. The maximum atomic E-state index is 12.5.